The van der Waals surface area contributed by atoms with Crippen molar-refractivity contribution < 1.29 is 4.74 Å². The third-order valence-corrected chi connectivity index (χ3v) is 6.73. The number of imidazole rings is 1. The Bertz CT molecular complexity index is 1390. The van der Waals surface area contributed by atoms with Crippen LogP contribution in [0.2, 0.25) is 0 Å². The Balaban J connectivity index is 1.48. The van der Waals surface area contributed by atoms with Crippen molar-refractivity contribution in [3.8, 4) is 11.8 Å². The monoisotopic (exact) mass is 451 g/mol. The number of H-pyrrole nitrogens is 1. The van der Waals surface area contributed by atoms with E-state index >= 15 is 0 Å². The van der Waals surface area contributed by atoms with Gasteiger partial charge in [-0.05, 0) is 92.9 Å². The highest BCUT2D eigenvalue weighted by molar-refractivity contribution is 5.91. The first-order chi connectivity index (χ1) is 16.4. The number of ether oxygens (including phenoxy) is 1. The zero-order valence-corrected chi connectivity index (χ0v) is 20.1. The number of hydrogen-bond acceptors (Lipinski definition) is 4. The first-order valence-corrected chi connectivity index (χ1v) is 11.7. The summed E-state index contributed by atoms with van der Waals surface area (Å²) in [6.45, 7) is 11.7. The second-order valence-electron chi connectivity index (χ2n) is 8.99. The highest BCUT2D eigenvalue weighted by Gasteiger charge is 2.15. The average molecular weight is 452 g/mol. The van der Waals surface area contributed by atoms with Gasteiger partial charge < -0.3 is 19.2 Å². The Morgan fingerprint density at radius 2 is 1.68 bits per heavy atom. The van der Waals surface area contributed by atoms with E-state index in [2.05, 4.69) is 95.7 Å². The second-order valence-corrected chi connectivity index (χ2v) is 8.99. The van der Waals surface area contributed by atoms with Gasteiger partial charge in [-0.3, -0.25) is 0 Å². The molecule has 1 saturated heterocycles. The topological polar surface area (TPSA) is 69.9 Å². The highest BCUT2D eigenvalue weighted by atomic mass is 16.5. The molecular formula is C28H29N5O. The summed E-state index contributed by atoms with van der Waals surface area (Å²) in [5, 5.41) is 9.91. The van der Waals surface area contributed by atoms with Gasteiger partial charge in [0.05, 0.1) is 29.8 Å². The number of allylic oxidation sites excluding steroid dienone is 1. The summed E-state index contributed by atoms with van der Waals surface area (Å²) in [5.41, 5.74) is 10.3. The molecule has 0 amide bonds. The molecule has 0 unspecified atom stereocenters. The molecule has 1 N–H and O–H groups in total. The van der Waals surface area contributed by atoms with Crippen LogP contribution in [-0.2, 0) is 4.74 Å². The third kappa shape index (κ3) is 4.00. The number of aromatic amines is 1. The molecule has 0 aliphatic carbocycles. The number of morpholine rings is 1. The Kier molecular flexibility index (Phi) is 5.72. The molecule has 6 nitrogen and oxygen atoms in total. The number of fused-ring (bicyclic) bond motifs is 1. The van der Waals surface area contributed by atoms with Gasteiger partial charge in [0.25, 0.3) is 0 Å². The average Bonchev–Trinajstić information content (AvgIpc) is 3.37. The van der Waals surface area contributed by atoms with E-state index in [0.717, 1.165) is 60.0 Å². The lowest BCUT2D eigenvalue weighted by Gasteiger charge is -2.29. The van der Waals surface area contributed by atoms with Gasteiger partial charge in [-0.15, -0.1) is 0 Å². The van der Waals surface area contributed by atoms with Crippen molar-refractivity contribution in [2.45, 2.75) is 27.7 Å². The van der Waals surface area contributed by atoms with E-state index in [0.29, 0.717) is 11.4 Å². The molecule has 5 rings (SSSR count). The number of hydrogen-bond donors (Lipinski definition) is 1. The van der Waals surface area contributed by atoms with Gasteiger partial charge in [0, 0.05) is 35.9 Å². The van der Waals surface area contributed by atoms with Crippen molar-refractivity contribution in [1.29, 1.82) is 5.26 Å². The Hall–Kier alpha value is -3.82. The van der Waals surface area contributed by atoms with Crippen molar-refractivity contribution in [2.75, 3.05) is 31.2 Å². The van der Waals surface area contributed by atoms with Gasteiger partial charge in [-0.2, -0.15) is 5.26 Å². The van der Waals surface area contributed by atoms with Crippen molar-refractivity contribution in [3.05, 3.63) is 76.4 Å². The van der Waals surface area contributed by atoms with E-state index in [-0.39, 0.29) is 0 Å². The zero-order valence-electron chi connectivity index (χ0n) is 20.1. The Morgan fingerprint density at radius 3 is 2.38 bits per heavy atom. The van der Waals surface area contributed by atoms with Gasteiger partial charge >= 0.3 is 0 Å². The zero-order chi connectivity index (χ0) is 23.8. The number of rotatable bonds is 4. The second kappa shape index (κ2) is 8.85. The molecular weight excluding hydrogens is 422 g/mol. The van der Waals surface area contributed by atoms with Gasteiger partial charge in [-0.1, -0.05) is 0 Å². The first-order valence-electron chi connectivity index (χ1n) is 11.7. The summed E-state index contributed by atoms with van der Waals surface area (Å²) in [4.78, 5) is 10.4. The normalized spacial score (nSPS) is 14.6. The quantitative estimate of drug-likeness (QED) is 0.417. The highest BCUT2D eigenvalue weighted by Crippen LogP contribution is 2.27. The van der Waals surface area contributed by atoms with Crippen LogP contribution in [0.3, 0.4) is 0 Å². The number of aryl methyl sites for hydroxylation is 3. The van der Waals surface area contributed by atoms with Crippen LogP contribution < -0.4 is 4.90 Å². The maximum absolute atomic E-state index is 9.91. The number of nitrogens with zero attached hydrogens (tertiary/aromatic N) is 4. The molecule has 34 heavy (non-hydrogen) atoms. The maximum atomic E-state index is 9.91. The lowest BCUT2D eigenvalue weighted by atomic mass is 10.1. The minimum absolute atomic E-state index is 0.523. The molecule has 0 spiro atoms. The molecule has 1 fully saturated rings. The van der Waals surface area contributed by atoms with Gasteiger partial charge in [0.1, 0.15) is 11.9 Å². The maximum Gasteiger partial charge on any atom is 0.149 e. The fourth-order valence-corrected chi connectivity index (χ4v) is 4.67. The van der Waals surface area contributed by atoms with Crippen molar-refractivity contribution in [3.63, 3.8) is 0 Å². The molecule has 6 heteroatoms. The number of nitriles is 1. The summed E-state index contributed by atoms with van der Waals surface area (Å²) in [6.07, 6.45) is 1.93. The molecule has 2 aromatic carbocycles. The van der Waals surface area contributed by atoms with Gasteiger partial charge in [0.15, 0.2) is 0 Å². The lowest BCUT2D eigenvalue weighted by molar-refractivity contribution is 0.122. The molecule has 3 heterocycles. The molecule has 4 aromatic rings. The van der Waals surface area contributed by atoms with Crippen LogP contribution >= 0.6 is 0 Å². The predicted molar refractivity (Wildman–Crippen MR) is 137 cm³/mol. The largest absolute Gasteiger partial charge is 0.378 e. The van der Waals surface area contributed by atoms with E-state index in [1.807, 2.05) is 6.08 Å². The van der Waals surface area contributed by atoms with Crippen LogP contribution in [0.25, 0.3) is 28.4 Å². The smallest absolute Gasteiger partial charge is 0.149 e. The van der Waals surface area contributed by atoms with Crippen LogP contribution in [-0.4, -0.2) is 40.8 Å². The fraction of sp³-hybridized carbons (Fsp3) is 0.286. The minimum Gasteiger partial charge on any atom is -0.378 e. The predicted octanol–water partition coefficient (Wildman–Crippen LogP) is 5.49. The number of nitrogens with one attached hydrogen (secondary N) is 1. The third-order valence-electron chi connectivity index (χ3n) is 6.73. The van der Waals surface area contributed by atoms with E-state index in [9.17, 15) is 5.26 Å². The standard InChI is InChI=1S/C28H29N5O/c1-18-13-26-27(14-19(18)2)31-28(30-26)23(17-29)16-22-15-20(3)33(21(22)4)25-7-5-24(6-8-25)32-9-11-34-12-10-32/h5-8,13-16H,9-12H2,1-4H3,(H,30,31)/b23-16-. The molecule has 0 saturated carbocycles. The van der Waals surface area contributed by atoms with Crippen molar-refractivity contribution >= 4 is 28.4 Å². The van der Waals surface area contributed by atoms with E-state index < -0.39 is 0 Å². The van der Waals surface area contributed by atoms with Crippen molar-refractivity contribution in [1.82, 2.24) is 14.5 Å². The van der Waals surface area contributed by atoms with Crippen LogP contribution in [0, 0.1) is 39.0 Å². The lowest BCUT2D eigenvalue weighted by Crippen LogP contribution is -2.36. The SMILES string of the molecule is Cc1cc2nc(/C(C#N)=C\c3cc(C)n(-c4ccc(N5CCOCC5)cc4)c3C)[nH]c2cc1C. The molecule has 0 radical (unpaired) electrons. The number of anilines is 1. The van der Waals surface area contributed by atoms with Crippen molar-refractivity contribution in [2.24, 2.45) is 0 Å². The van der Waals surface area contributed by atoms with Gasteiger partial charge in [-0.25, -0.2) is 4.98 Å². The van der Waals surface area contributed by atoms with E-state index in [1.54, 1.807) is 0 Å². The minimum atomic E-state index is 0.523. The summed E-state index contributed by atoms with van der Waals surface area (Å²) in [5.74, 6) is 0.599. The van der Waals surface area contributed by atoms with Crippen LogP contribution in [0.5, 0.6) is 0 Å². The Morgan fingerprint density at radius 1 is 1.00 bits per heavy atom. The van der Waals surface area contributed by atoms with Crippen LogP contribution in [0.15, 0.2) is 42.5 Å². The summed E-state index contributed by atoms with van der Waals surface area (Å²) in [6, 6.07) is 17.3. The van der Waals surface area contributed by atoms with Gasteiger partial charge in [0.2, 0.25) is 0 Å². The molecule has 2 aromatic heterocycles. The molecule has 1 aliphatic heterocycles. The first kappa shape index (κ1) is 22.0. The Labute approximate surface area is 200 Å². The molecule has 0 bridgehead atoms. The van der Waals surface area contributed by atoms with Crippen LogP contribution in [0.1, 0.15) is 33.9 Å². The molecule has 1 aliphatic rings. The molecule has 172 valence electrons. The summed E-state index contributed by atoms with van der Waals surface area (Å²) < 4.78 is 7.70. The summed E-state index contributed by atoms with van der Waals surface area (Å²) in [7, 11) is 0. The van der Waals surface area contributed by atoms with Crippen LogP contribution in [0.4, 0.5) is 5.69 Å². The molecule has 0 atom stereocenters. The van der Waals surface area contributed by atoms with E-state index in [1.165, 1.54) is 16.8 Å². The summed E-state index contributed by atoms with van der Waals surface area (Å²) >= 11 is 0. The van der Waals surface area contributed by atoms with E-state index in [4.69, 9.17) is 4.74 Å². The number of aromatic nitrogens is 3. The fourth-order valence-electron chi connectivity index (χ4n) is 4.67. The number of benzene rings is 2.